The van der Waals surface area contributed by atoms with Gasteiger partial charge in [-0.1, -0.05) is 82.3 Å². The SMILES string of the molecule is CC1(C)C(=CC=CC2=[N+](CS(=O)(=O)[O-])c3ccc4ccccc4c3C2(C)C)N(CS(=O)(=O)[O-])c2ccc(SOO[O-])cc21.CC1(C)C(=CC=CC=CC2=[N+](CS(=O)(=O)[O-])c3ccc4cc(S(=O)(=O)[O-])ccc4c3C2(C)C)N(CS(=O)(=O)[O-])c2ccc(SOO[O-])cc21. The Morgan fingerprint density at radius 1 is 0.467 bits per heavy atom. The smallest absolute Gasteiger partial charge is 0.237 e. The minimum atomic E-state index is -4.77. The molecule has 4 heterocycles. The van der Waals surface area contributed by atoms with Gasteiger partial charge in [0.1, 0.15) is 42.1 Å². The van der Waals surface area contributed by atoms with Crippen molar-refractivity contribution in [2.75, 3.05) is 33.3 Å². The summed E-state index contributed by atoms with van der Waals surface area (Å²) in [6.45, 7) is 14.9. The maximum Gasteiger partial charge on any atom is 0.237 e. The van der Waals surface area contributed by atoms with Crippen LogP contribution in [0.5, 0.6) is 0 Å². The Labute approximate surface area is 540 Å². The maximum absolute atomic E-state index is 12.0. The van der Waals surface area contributed by atoms with E-state index in [0.717, 1.165) is 16.3 Å². The fourth-order valence-electron chi connectivity index (χ4n) is 12.6. The quantitative estimate of drug-likeness (QED) is 0.0188. The van der Waals surface area contributed by atoms with E-state index in [4.69, 9.17) is 0 Å². The molecular weight excluding hydrogens is 1340 g/mol. The summed E-state index contributed by atoms with van der Waals surface area (Å²) in [6.07, 6.45) is 13.1. The van der Waals surface area contributed by atoms with Crippen LogP contribution < -0.4 is 20.3 Å². The maximum atomic E-state index is 12.0. The van der Waals surface area contributed by atoms with E-state index >= 15 is 0 Å². The van der Waals surface area contributed by atoms with Crippen LogP contribution in [0.3, 0.4) is 0 Å². The molecule has 0 saturated carbocycles. The number of rotatable bonds is 20. The molecule has 0 amide bonds. The van der Waals surface area contributed by atoms with Crippen LogP contribution in [0.4, 0.5) is 22.7 Å². The number of hydrogen-bond acceptors (Lipinski definition) is 25. The molecule has 0 atom stereocenters. The van der Waals surface area contributed by atoms with Crippen molar-refractivity contribution in [2.24, 2.45) is 0 Å². The molecule has 4 aliphatic heterocycles. The molecule has 0 saturated heterocycles. The Kier molecular flexibility index (Phi) is 19.5. The highest BCUT2D eigenvalue weighted by atomic mass is 32.2. The third-order valence-corrected chi connectivity index (χ3v) is 20.6. The topological polar surface area (TPSA) is 382 Å². The fraction of sp³-hybridized carbons (Fsp3) is 0.267. The lowest BCUT2D eigenvalue weighted by Gasteiger charge is -2.27. The van der Waals surface area contributed by atoms with Gasteiger partial charge in [0.05, 0.1) is 39.8 Å². The second-order valence-electron chi connectivity index (χ2n) is 23.7. The molecule has 92 heavy (non-hydrogen) atoms. The van der Waals surface area contributed by atoms with Crippen molar-refractivity contribution in [1.29, 1.82) is 0 Å². The summed E-state index contributed by atoms with van der Waals surface area (Å²) in [6, 6.07) is 28.2. The number of allylic oxidation sites excluding steroid dienone is 10. The largest absolute Gasteiger partial charge is 0.747 e. The van der Waals surface area contributed by atoms with Gasteiger partial charge in [-0.25, -0.2) is 42.1 Å². The van der Waals surface area contributed by atoms with Crippen molar-refractivity contribution < 1.29 is 103 Å². The van der Waals surface area contributed by atoms with E-state index in [-0.39, 0.29) is 0 Å². The average molecular weight is 1390 g/mol. The van der Waals surface area contributed by atoms with Crippen molar-refractivity contribution in [3.05, 3.63) is 185 Å². The van der Waals surface area contributed by atoms with Crippen LogP contribution in [0, 0.1) is 0 Å². The van der Waals surface area contributed by atoms with E-state index < -0.39 is 101 Å². The molecule has 10 rings (SSSR count). The highest BCUT2D eigenvalue weighted by Gasteiger charge is 2.48. The van der Waals surface area contributed by atoms with Gasteiger partial charge in [-0.05, 0) is 133 Å². The van der Waals surface area contributed by atoms with Gasteiger partial charge in [0, 0.05) is 78.8 Å². The number of hydrogen-bond donors (Lipinski definition) is 0. The summed E-state index contributed by atoms with van der Waals surface area (Å²) >= 11 is 1.35. The molecule has 0 aromatic heterocycles. The van der Waals surface area contributed by atoms with Gasteiger partial charge in [-0.15, -0.1) is 0 Å². The minimum absolute atomic E-state index is 0.416. The highest BCUT2D eigenvalue weighted by molar-refractivity contribution is 7.94. The van der Waals surface area contributed by atoms with Gasteiger partial charge in [0.25, 0.3) is 0 Å². The Hall–Kier alpha value is -6.51. The van der Waals surface area contributed by atoms with Crippen molar-refractivity contribution in [3.8, 4) is 0 Å². The van der Waals surface area contributed by atoms with Crippen LogP contribution in [0.1, 0.15) is 77.6 Å². The summed E-state index contributed by atoms with van der Waals surface area (Å²) in [4.78, 5) is 3.39. The zero-order chi connectivity index (χ0) is 67.5. The first-order valence-electron chi connectivity index (χ1n) is 27.3. The lowest BCUT2D eigenvalue weighted by atomic mass is 9.79. The molecule has 490 valence electrons. The Bertz CT molecular complexity index is 4840. The van der Waals surface area contributed by atoms with Gasteiger partial charge in [0.15, 0.2) is 31.7 Å². The van der Waals surface area contributed by atoms with E-state index in [1.165, 1.54) is 37.1 Å². The van der Waals surface area contributed by atoms with Crippen molar-refractivity contribution in [1.82, 2.24) is 0 Å². The molecule has 4 aliphatic rings. The number of anilines is 2. The predicted octanol–water partition coefficient (Wildman–Crippen LogP) is 6.84. The normalized spacial score (nSPS) is 18.5. The molecule has 6 aromatic rings. The molecule has 0 N–H and O–H groups in total. The molecule has 32 heteroatoms. The first kappa shape index (κ1) is 69.8. The summed E-state index contributed by atoms with van der Waals surface area (Å²) in [5.74, 6) is -3.32. The monoisotopic (exact) mass is 1390 g/mol. The van der Waals surface area contributed by atoms with Crippen LogP contribution >= 0.6 is 24.1 Å². The molecule has 6 aromatic carbocycles. The predicted molar refractivity (Wildman–Crippen MR) is 334 cm³/mol. The molecular formula is C60H57N4O21S7-5. The van der Waals surface area contributed by atoms with Crippen molar-refractivity contribution in [2.45, 2.75) is 91.7 Å². The van der Waals surface area contributed by atoms with Gasteiger partial charge >= 0.3 is 0 Å². The molecule has 25 nitrogen and oxygen atoms in total. The van der Waals surface area contributed by atoms with Crippen molar-refractivity contribution in [3.63, 3.8) is 0 Å². The van der Waals surface area contributed by atoms with E-state index in [2.05, 4.69) is 18.7 Å². The van der Waals surface area contributed by atoms with Crippen LogP contribution in [-0.4, -0.2) is 109 Å². The van der Waals surface area contributed by atoms with Crippen LogP contribution in [-0.2, 0) is 91.0 Å². The first-order valence-corrected chi connectivity index (χ1v) is 36.5. The third kappa shape index (κ3) is 14.6. The standard InChI is InChI=1S/C31H32N2O12S4.C29H30N2O9S3/c1-30(2)24-17-21(46-45-44-34)11-15-25(24)32(18-47(35,36)37)27(30)8-6-5-7-9-28-31(3,4)29-23-13-12-22(49(41,42)43)16-20(23)10-14-26(29)33(28)19-48(38,39)40;1-28(2)22-16-20(41-40-39-32)13-15-23(22)30(17-42(33,34)35)25(28)10-7-11-26-29(3,4)27-21-9-6-5-8-19(21)12-14-24(27)31(26)18-43(36,37)38/h5-17H,18-19H2,1-4H3,(H3-,34,35,36,37,38,39,40,41,42,43);5-16H,17-18H2,1-4H3,(H2-,32,33,34,35,36,37,38)/p-5. The average Bonchev–Trinajstić information content (AvgIpc) is 1.58. The molecule has 0 bridgehead atoms. The molecule has 0 unspecified atom stereocenters. The second kappa shape index (κ2) is 25.7. The van der Waals surface area contributed by atoms with Gasteiger partial charge in [-0.3, -0.25) is 10.1 Å². The lowest BCUT2D eigenvalue weighted by Crippen LogP contribution is -2.31. The summed E-state index contributed by atoms with van der Waals surface area (Å²) in [7, 11) is -23.6. The fourth-order valence-corrected chi connectivity index (χ4v) is 16.2. The second-order valence-corrected chi connectivity index (χ2v) is 32.1. The first-order chi connectivity index (χ1) is 42.7. The number of fused-ring (bicyclic) bond motifs is 8. The van der Waals surface area contributed by atoms with E-state index in [1.807, 2.05) is 85.7 Å². The van der Waals surface area contributed by atoms with E-state index in [9.17, 15) is 75.4 Å². The van der Waals surface area contributed by atoms with Crippen LogP contribution in [0.2, 0.25) is 0 Å². The highest BCUT2D eigenvalue weighted by Crippen LogP contribution is 2.52. The molecule has 0 radical (unpaired) electrons. The Morgan fingerprint density at radius 3 is 1.35 bits per heavy atom. The summed E-state index contributed by atoms with van der Waals surface area (Å²) in [5, 5.41) is 30.3. The Balaban J connectivity index is 0.000000219. The zero-order valence-corrected chi connectivity index (χ0v) is 55.7. The third-order valence-electron chi connectivity index (χ3n) is 16.3. The van der Waals surface area contributed by atoms with Crippen molar-refractivity contribution >= 4 is 130 Å². The van der Waals surface area contributed by atoms with Gasteiger partial charge in [-0.2, -0.15) is 17.8 Å². The van der Waals surface area contributed by atoms with Crippen LogP contribution in [0.25, 0.3) is 21.5 Å². The van der Waals surface area contributed by atoms with E-state index in [1.54, 1.807) is 103 Å². The lowest BCUT2D eigenvalue weighted by molar-refractivity contribution is -0.777. The number of nitrogens with zero attached hydrogens (tertiary/aromatic N) is 4. The summed E-state index contributed by atoms with van der Waals surface area (Å²) < 4.78 is 190. The molecule has 0 fully saturated rings. The van der Waals surface area contributed by atoms with Gasteiger partial charge < -0.3 is 43.1 Å². The number of benzene rings is 6. The van der Waals surface area contributed by atoms with Gasteiger partial charge in [0.2, 0.25) is 23.1 Å². The molecule has 0 aliphatic carbocycles. The summed E-state index contributed by atoms with van der Waals surface area (Å²) in [5.41, 5.74) is 3.57. The Morgan fingerprint density at radius 2 is 0.902 bits per heavy atom. The van der Waals surface area contributed by atoms with E-state index in [0.29, 0.717) is 107 Å². The van der Waals surface area contributed by atoms with Crippen LogP contribution in [0.15, 0.2) is 178 Å². The molecule has 0 spiro atoms. The zero-order valence-electron chi connectivity index (χ0n) is 50.0. The minimum Gasteiger partial charge on any atom is -0.747 e.